The number of nitriles is 1. The number of nitrogens with zero attached hydrogens (tertiary/aromatic N) is 4. The van der Waals surface area contributed by atoms with E-state index in [1.165, 1.54) is 25.8 Å². The zero-order valence-corrected chi connectivity index (χ0v) is 9.54. The number of rotatable bonds is 3. The van der Waals surface area contributed by atoms with Crippen molar-refractivity contribution in [2.24, 2.45) is 0 Å². The summed E-state index contributed by atoms with van der Waals surface area (Å²) in [5, 5.41) is 9.36. The lowest BCUT2D eigenvalue weighted by Gasteiger charge is -2.03. The Kier molecular flexibility index (Phi) is 2.83. The number of ether oxygens (including phenoxy) is 2. The second-order valence-corrected chi connectivity index (χ2v) is 3.62. The van der Waals surface area contributed by atoms with Gasteiger partial charge in [-0.05, 0) is 11.5 Å². The van der Waals surface area contributed by atoms with Gasteiger partial charge in [-0.1, -0.05) is 0 Å². The first-order chi connectivity index (χ1) is 7.80. The summed E-state index contributed by atoms with van der Waals surface area (Å²) in [4.78, 5) is 8.85. The molecule has 2 heterocycles. The van der Waals surface area contributed by atoms with Crippen molar-refractivity contribution in [2.75, 3.05) is 14.2 Å². The number of methoxy groups -OCH3 is 2. The molecular weight excluding hydrogens is 228 g/mol. The van der Waals surface area contributed by atoms with E-state index >= 15 is 0 Å². The van der Waals surface area contributed by atoms with Gasteiger partial charge >= 0.3 is 6.01 Å². The van der Waals surface area contributed by atoms with Crippen LogP contribution < -0.4 is 9.47 Å². The number of hydrogen-bond donors (Lipinski definition) is 0. The molecule has 0 saturated heterocycles. The number of aromatic nitrogens is 3. The fourth-order valence-electron chi connectivity index (χ4n) is 1.29. The molecule has 6 nitrogen and oxygen atoms in total. The molecule has 0 amide bonds. The Hall–Kier alpha value is -1.94. The van der Waals surface area contributed by atoms with Crippen molar-refractivity contribution in [2.45, 2.75) is 6.42 Å². The molecule has 0 N–H and O–H groups in total. The van der Waals surface area contributed by atoms with E-state index in [-0.39, 0.29) is 12.4 Å². The van der Waals surface area contributed by atoms with Gasteiger partial charge in [0.1, 0.15) is 0 Å². The summed E-state index contributed by atoms with van der Waals surface area (Å²) in [6.45, 7) is 0. The average Bonchev–Trinajstić information content (AvgIpc) is 2.72. The highest BCUT2D eigenvalue weighted by molar-refractivity contribution is 7.13. The summed E-state index contributed by atoms with van der Waals surface area (Å²) in [5.74, 6) is 0.390. The highest BCUT2D eigenvalue weighted by Crippen LogP contribution is 2.30. The van der Waals surface area contributed by atoms with Crippen LogP contribution in [0, 0.1) is 11.3 Å². The van der Waals surface area contributed by atoms with Crippen LogP contribution in [0.2, 0.25) is 0 Å². The lowest BCUT2D eigenvalue weighted by molar-refractivity contribution is 0.357. The smallest absolute Gasteiger partial charge is 0.320 e. The molecule has 2 aromatic rings. The van der Waals surface area contributed by atoms with Gasteiger partial charge in [0, 0.05) is 0 Å². The minimum Gasteiger partial charge on any atom is -0.480 e. The second kappa shape index (κ2) is 4.28. The predicted molar refractivity (Wildman–Crippen MR) is 57.6 cm³/mol. The minimum atomic E-state index is 0.214. The topological polar surface area (TPSA) is 80.9 Å². The Bertz CT molecular complexity index is 560. The molecule has 0 fully saturated rings. The third-order valence-electron chi connectivity index (χ3n) is 1.98. The summed E-state index contributed by atoms with van der Waals surface area (Å²) in [5.41, 5.74) is 0.641. The maximum Gasteiger partial charge on any atom is 0.320 e. The Labute approximate surface area is 95.6 Å². The Balaban J connectivity index is 2.68. The van der Waals surface area contributed by atoms with Crippen molar-refractivity contribution in [3.8, 4) is 18.0 Å². The largest absolute Gasteiger partial charge is 0.480 e. The first-order valence-electron chi connectivity index (χ1n) is 4.41. The third-order valence-corrected chi connectivity index (χ3v) is 2.76. The molecule has 2 rings (SSSR count). The van der Waals surface area contributed by atoms with Crippen molar-refractivity contribution in [1.29, 1.82) is 5.26 Å². The molecular formula is C9H8N4O2S. The molecule has 0 bridgehead atoms. The van der Waals surface area contributed by atoms with Crippen LogP contribution >= 0.6 is 11.5 Å². The molecule has 0 aliphatic heterocycles. The van der Waals surface area contributed by atoms with Gasteiger partial charge in [0.25, 0.3) is 0 Å². The van der Waals surface area contributed by atoms with Crippen molar-refractivity contribution < 1.29 is 9.47 Å². The fourth-order valence-corrected chi connectivity index (χ4v) is 2.06. The van der Waals surface area contributed by atoms with Gasteiger partial charge in [0.15, 0.2) is 4.83 Å². The lowest BCUT2D eigenvalue weighted by atomic mass is 10.2. The molecule has 0 spiro atoms. The third kappa shape index (κ3) is 1.63. The zero-order chi connectivity index (χ0) is 11.5. The summed E-state index contributed by atoms with van der Waals surface area (Å²) in [6.07, 6.45) is 0.214. The van der Waals surface area contributed by atoms with Crippen LogP contribution in [0.5, 0.6) is 11.9 Å². The van der Waals surface area contributed by atoms with E-state index in [0.717, 1.165) is 0 Å². The van der Waals surface area contributed by atoms with Crippen molar-refractivity contribution in [1.82, 2.24) is 14.3 Å². The van der Waals surface area contributed by atoms with Crippen LogP contribution in [0.4, 0.5) is 0 Å². The molecule has 82 valence electrons. The summed E-state index contributed by atoms with van der Waals surface area (Å²) < 4.78 is 14.2. The summed E-state index contributed by atoms with van der Waals surface area (Å²) in [7, 11) is 2.99. The van der Waals surface area contributed by atoms with Crippen LogP contribution in [-0.2, 0) is 6.42 Å². The maximum atomic E-state index is 8.67. The molecule has 0 aliphatic rings. The SMILES string of the molecule is COc1nc(OC)c2c(CC#N)nsc2n1. The molecule has 0 saturated carbocycles. The maximum absolute atomic E-state index is 8.67. The van der Waals surface area contributed by atoms with Gasteiger partial charge in [0.2, 0.25) is 5.88 Å². The Morgan fingerprint density at radius 3 is 2.75 bits per heavy atom. The fraction of sp³-hybridized carbons (Fsp3) is 0.333. The molecule has 16 heavy (non-hydrogen) atoms. The number of fused-ring (bicyclic) bond motifs is 1. The van der Waals surface area contributed by atoms with Crippen LogP contribution in [0.15, 0.2) is 0 Å². The van der Waals surface area contributed by atoms with Crippen molar-refractivity contribution in [3.05, 3.63) is 5.69 Å². The highest BCUT2D eigenvalue weighted by atomic mass is 32.1. The van der Waals surface area contributed by atoms with Crippen molar-refractivity contribution >= 4 is 21.7 Å². The van der Waals surface area contributed by atoms with E-state index in [0.29, 0.717) is 21.8 Å². The highest BCUT2D eigenvalue weighted by Gasteiger charge is 2.16. The quantitative estimate of drug-likeness (QED) is 0.795. The second-order valence-electron chi connectivity index (χ2n) is 2.86. The van der Waals surface area contributed by atoms with Crippen molar-refractivity contribution in [3.63, 3.8) is 0 Å². The van der Waals surface area contributed by atoms with E-state index in [2.05, 4.69) is 14.3 Å². The van der Waals surface area contributed by atoms with Gasteiger partial charge in [-0.25, -0.2) is 0 Å². The molecule has 7 heteroatoms. The van der Waals surface area contributed by atoms with E-state index in [4.69, 9.17) is 14.7 Å². The summed E-state index contributed by atoms with van der Waals surface area (Å²) >= 11 is 1.20. The average molecular weight is 236 g/mol. The lowest BCUT2D eigenvalue weighted by Crippen LogP contribution is -1.96. The van der Waals surface area contributed by atoms with Gasteiger partial charge in [0.05, 0.1) is 37.8 Å². The molecule has 0 atom stereocenters. The van der Waals surface area contributed by atoms with Gasteiger partial charge < -0.3 is 9.47 Å². The Morgan fingerprint density at radius 1 is 1.31 bits per heavy atom. The minimum absolute atomic E-state index is 0.214. The van der Waals surface area contributed by atoms with Crippen LogP contribution in [0.1, 0.15) is 5.69 Å². The molecule has 0 aliphatic carbocycles. The standard InChI is InChI=1S/C9H8N4O2S/c1-14-7-6-5(3-4-10)13-16-8(6)12-9(11-7)15-2/h3H2,1-2H3. The first-order valence-corrected chi connectivity index (χ1v) is 5.18. The van der Waals surface area contributed by atoms with E-state index < -0.39 is 0 Å². The van der Waals surface area contributed by atoms with Gasteiger partial charge in [-0.2, -0.15) is 19.6 Å². The van der Waals surface area contributed by atoms with E-state index in [1.807, 2.05) is 6.07 Å². The number of hydrogen-bond acceptors (Lipinski definition) is 7. The van der Waals surface area contributed by atoms with Gasteiger partial charge in [-0.15, -0.1) is 0 Å². The van der Waals surface area contributed by atoms with Gasteiger partial charge in [-0.3, -0.25) is 0 Å². The van der Waals surface area contributed by atoms with E-state index in [1.54, 1.807) is 0 Å². The normalized spacial score (nSPS) is 10.1. The monoisotopic (exact) mass is 236 g/mol. The first kappa shape index (κ1) is 10.6. The van der Waals surface area contributed by atoms with Crippen LogP contribution in [-0.4, -0.2) is 28.6 Å². The van der Waals surface area contributed by atoms with E-state index in [9.17, 15) is 0 Å². The van der Waals surface area contributed by atoms with Crippen LogP contribution in [0.25, 0.3) is 10.2 Å². The zero-order valence-electron chi connectivity index (χ0n) is 8.72. The molecule has 0 aromatic carbocycles. The summed E-state index contributed by atoms with van der Waals surface area (Å²) in [6, 6.07) is 2.28. The molecule has 0 unspecified atom stereocenters. The molecule has 2 aromatic heterocycles. The molecule has 0 radical (unpaired) electrons. The predicted octanol–water partition coefficient (Wildman–Crippen LogP) is 1.17. The van der Waals surface area contributed by atoms with Crippen LogP contribution in [0.3, 0.4) is 0 Å². The Morgan fingerprint density at radius 2 is 2.12 bits per heavy atom.